The van der Waals surface area contributed by atoms with Crippen LogP contribution in [0.4, 0.5) is 10.2 Å². The molecule has 0 bridgehead atoms. The van der Waals surface area contributed by atoms with Crippen LogP contribution in [0.1, 0.15) is 24.6 Å². The number of esters is 1. The van der Waals surface area contributed by atoms with Gasteiger partial charge in [-0.3, -0.25) is 9.59 Å². The maximum Gasteiger partial charge on any atom is 0.305 e. The van der Waals surface area contributed by atoms with E-state index in [4.69, 9.17) is 15.2 Å². The maximum absolute atomic E-state index is 13.1. The number of nitrogens with one attached hydrogen (secondary N) is 1. The molecular formula is C24H25FN6O6. The lowest BCUT2D eigenvalue weighted by atomic mass is 9.92. The second-order valence-corrected chi connectivity index (χ2v) is 8.53. The number of hydrogen-bond donors (Lipinski definition) is 4. The zero-order chi connectivity index (χ0) is 26.7. The van der Waals surface area contributed by atoms with E-state index in [9.17, 15) is 29.5 Å². The van der Waals surface area contributed by atoms with Crippen molar-refractivity contribution < 1.29 is 33.7 Å². The van der Waals surface area contributed by atoms with Gasteiger partial charge in [0.1, 0.15) is 48.6 Å². The average Bonchev–Trinajstić information content (AvgIpc) is 3.44. The van der Waals surface area contributed by atoms with E-state index in [1.54, 1.807) is 6.92 Å². The minimum Gasteiger partial charge on any atom is -0.463 e. The molecule has 5 atom stereocenters. The summed E-state index contributed by atoms with van der Waals surface area (Å²) in [5.74, 6) is -1.41. The molecule has 37 heavy (non-hydrogen) atoms. The molecule has 2 aromatic heterocycles. The summed E-state index contributed by atoms with van der Waals surface area (Å²) in [7, 11) is 0. The number of anilines is 1. The number of halogens is 1. The lowest BCUT2D eigenvalue weighted by Crippen LogP contribution is -2.41. The number of carbonyl (C=O) groups excluding carboxylic acids is 2. The molecule has 1 amide bonds. The van der Waals surface area contributed by atoms with Gasteiger partial charge in [0, 0.05) is 6.42 Å². The van der Waals surface area contributed by atoms with E-state index in [0.717, 1.165) is 6.33 Å². The number of benzene rings is 1. The van der Waals surface area contributed by atoms with Gasteiger partial charge in [-0.15, -0.1) is 0 Å². The molecule has 3 heterocycles. The summed E-state index contributed by atoms with van der Waals surface area (Å²) in [5, 5.41) is 38.0. The highest BCUT2D eigenvalue weighted by molar-refractivity contribution is 5.97. The van der Waals surface area contributed by atoms with Crippen LogP contribution >= 0.6 is 0 Å². The number of amides is 1. The lowest BCUT2D eigenvalue weighted by molar-refractivity contribution is -0.150. The van der Waals surface area contributed by atoms with Crippen LogP contribution in [0.5, 0.6) is 0 Å². The van der Waals surface area contributed by atoms with Crippen LogP contribution in [0.15, 0.2) is 42.7 Å². The van der Waals surface area contributed by atoms with E-state index in [1.165, 1.54) is 40.9 Å². The number of nitrogens with two attached hydrogens (primary N) is 1. The van der Waals surface area contributed by atoms with Gasteiger partial charge in [0.25, 0.3) is 0 Å². The Kier molecular flexibility index (Phi) is 7.46. The Morgan fingerprint density at radius 3 is 2.73 bits per heavy atom. The Morgan fingerprint density at radius 2 is 2.05 bits per heavy atom. The van der Waals surface area contributed by atoms with E-state index in [0.29, 0.717) is 5.56 Å². The molecule has 4 rings (SSSR count). The van der Waals surface area contributed by atoms with Gasteiger partial charge in [-0.25, -0.2) is 13.9 Å². The molecule has 1 fully saturated rings. The van der Waals surface area contributed by atoms with E-state index in [1.807, 2.05) is 6.07 Å². The zero-order valence-corrected chi connectivity index (χ0v) is 19.7. The molecule has 0 aliphatic carbocycles. The molecule has 1 aliphatic heterocycles. The fourth-order valence-electron chi connectivity index (χ4n) is 4.08. The van der Waals surface area contributed by atoms with Gasteiger partial charge in [-0.1, -0.05) is 19.1 Å². The first kappa shape index (κ1) is 26.1. The second-order valence-electron chi connectivity index (χ2n) is 8.53. The highest BCUT2D eigenvalue weighted by Gasteiger charge is 2.57. The number of ether oxygens (including phenoxy) is 2. The highest BCUT2D eigenvalue weighted by Crippen LogP contribution is 2.40. The van der Waals surface area contributed by atoms with Crippen molar-refractivity contribution in [1.82, 2.24) is 14.6 Å². The van der Waals surface area contributed by atoms with Crippen molar-refractivity contribution >= 4 is 23.2 Å². The molecule has 13 heteroatoms. The first-order valence-electron chi connectivity index (χ1n) is 11.4. The number of fused-ring (bicyclic) bond motifs is 1. The van der Waals surface area contributed by atoms with E-state index < -0.39 is 47.6 Å². The van der Waals surface area contributed by atoms with Gasteiger partial charge in [0.15, 0.2) is 5.82 Å². The summed E-state index contributed by atoms with van der Waals surface area (Å²) in [6.07, 6.45) is -3.00. The SMILES string of the molecule is CCC(=O)OC[C@H]1O[C@@](C#N)(c2ccc3c(NC(=O)[C@@H](N)Cc4ccc(F)cc4)ncnn23)[C@H](O)[C@@H]1O. The molecule has 1 aliphatic rings. The first-order chi connectivity index (χ1) is 17.7. The summed E-state index contributed by atoms with van der Waals surface area (Å²) in [6.45, 7) is 1.24. The van der Waals surface area contributed by atoms with Crippen LogP contribution in [-0.4, -0.2) is 67.6 Å². The molecule has 0 radical (unpaired) electrons. The van der Waals surface area contributed by atoms with Gasteiger partial charge in [-0.05, 0) is 36.2 Å². The summed E-state index contributed by atoms with van der Waals surface area (Å²) < 4.78 is 25.1. The molecule has 1 saturated heterocycles. The number of carbonyl (C=O) groups is 2. The van der Waals surface area contributed by atoms with Gasteiger partial charge < -0.3 is 30.7 Å². The van der Waals surface area contributed by atoms with Gasteiger partial charge in [0.05, 0.1) is 11.7 Å². The van der Waals surface area contributed by atoms with Crippen LogP contribution in [0, 0.1) is 17.1 Å². The Morgan fingerprint density at radius 1 is 1.32 bits per heavy atom. The van der Waals surface area contributed by atoms with Crippen molar-refractivity contribution in [2.75, 3.05) is 11.9 Å². The predicted molar refractivity (Wildman–Crippen MR) is 125 cm³/mol. The van der Waals surface area contributed by atoms with Crippen molar-refractivity contribution in [3.05, 3.63) is 59.8 Å². The Hall–Kier alpha value is -3.96. The topological polar surface area (TPSA) is 185 Å². The van der Waals surface area contributed by atoms with Crippen LogP contribution in [0.3, 0.4) is 0 Å². The molecule has 3 aromatic rings. The number of nitrogens with zero attached hydrogens (tertiary/aromatic N) is 4. The van der Waals surface area contributed by atoms with Crippen LogP contribution in [0.25, 0.3) is 5.52 Å². The third-order valence-corrected chi connectivity index (χ3v) is 6.10. The number of aromatic nitrogens is 3. The summed E-state index contributed by atoms with van der Waals surface area (Å²) in [6, 6.07) is 9.49. The van der Waals surface area contributed by atoms with E-state index in [-0.39, 0.29) is 36.5 Å². The van der Waals surface area contributed by atoms with Crippen LogP contribution in [0.2, 0.25) is 0 Å². The molecule has 5 N–H and O–H groups in total. The van der Waals surface area contributed by atoms with Crippen LogP contribution < -0.4 is 11.1 Å². The third kappa shape index (κ3) is 5.00. The Labute approximate surface area is 210 Å². The normalized spacial score (nSPS) is 23.9. The molecule has 194 valence electrons. The second kappa shape index (κ2) is 10.6. The van der Waals surface area contributed by atoms with Gasteiger partial charge in [0.2, 0.25) is 11.5 Å². The average molecular weight is 512 g/mol. The molecule has 1 aromatic carbocycles. The van der Waals surface area contributed by atoms with Gasteiger partial charge in [-0.2, -0.15) is 10.4 Å². The first-order valence-corrected chi connectivity index (χ1v) is 11.4. The standard InChI is InChI=1S/C24H25FN6O6/c1-2-19(32)36-10-17-20(33)21(34)24(11-26,37-17)18-8-7-16-22(28-12-29-31(16)18)30-23(35)15(27)9-13-3-5-14(25)6-4-13/h3-8,12,15,17,20-21,33-34H,2,9-10,27H2,1H3,(H,28,29,30,35)/t15-,17+,20+,21+,24-/m0/s1. The fourth-order valence-corrected chi connectivity index (χ4v) is 4.08. The minimum atomic E-state index is -2.05. The Bertz CT molecular complexity index is 1340. The number of rotatable bonds is 8. The molecule has 0 unspecified atom stereocenters. The number of hydrogen-bond acceptors (Lipinski definition) is 10. The number of aliphatic hydroxyl groups excluding tert-OH is 2. The summed E-state index contributed by atoms with van der Waals surface area (Å²) in [5.41, 5.74) is 4.97. The van der Waals surface area contributed by atoms with Crippen molar-refractivity contribution in [3.63, 3.8) is 0 Å². The summed E-state index contributed by atoms with van der Waals surface area (Å²) >= 11 is 0. The van der Waals surface area contributed by atoms with Crippen LogP contribution in [-0.2, 0) is 31.1 Å². The number of aliphatic hydroxyl groups is 2. The van der Waals surface area contributed by atoms with Gasteiger partial charge >= 0.3 is 5.97 Å². The maximum atomic E-state index is 13.1. The molecule has 12 nitrogen and oxygen atoms in total. The Balaban J connectivity index is 1.57. The highest BCUT2D eigenvalue weighted by atomic mass is 19.1. The predicted octanol–water partition coefficient (Wildman–Crippen LogP) is 0.170. The fraction of sp³-hybridized carbons (Fsp3) is 0.375. The van der Waals surface area contributed by atoms with Crippen molar-refractivity contribution in [2.45, 2.75) is 49.7 Å². The van der Waals surface area contributed by atoms with Crippen molar-refractivity contribution in [3.8, 4) is 6.07 Å². The van der Waals surface area contributed by atoms with E-state index in [2.05, 4.69) is 15.4 Å². The zero-order valence-electron chi connectivity index (χ0n) is 19.7. The van der Waals surface area contributed by atoms with Crippen molar-refractivity contribution in [1.29, 1.82) is 5.26 Å². The van der Waals surface area contributed by atoms with E-state index >= 15 is 0 Å². The summed E-state index contributed by atoms with van der Waals surface area (Å²) in [4.78, 5) is 28.3. The lowest BCUT2D eigenvalue weighted by Gasteiger charge is -2.24. The third-order valence-electron chi connectivity index (χ3n) is 6.10. The number of nitriles is 1. The monoisotopic (exact) mass is 512 g/mol. The molecular weight excluding hydrogens is 487 g/mol. The smallest absolute Gasteiger partial charge is 0.305 e. The quantitative estimate of drug-likeness (QED) is 0.303. The minimum absolute atomic E-state index is 0.0642. The molecule has 0 spiro atoms. The van der Waals surface area contributed by atoms with Crippen molar-refractivity contribution in [2.24, 2.45) is 5.73 Å². The largest absolute Gasteiger partial charge is 0.463 e. The molecule has 0 saturated carbocycles.